The molecular weight excluding hydrogens is 640 g/mol. The quantitative estimate of drug-likeness (QED) is 0.0736. The molecule has 7 nitrogen and oxygen atoms in total. The lowest BCUT2D eigenvalue weighted by molar-refractivity contribution is -0.139. The first-order valence-corrected chi connectivity index (χ1v) is 17.7. The molecule has 0 radical (unpaired) electrons. The average molecular weight is 683 g/mol. The maximum absolute atomic E-state index is 11.4. The lowest BCUT2D eigenvalue weighted by atomic mass is 9.66. The Bertz CT molecular complexity index is 1990. The van der Waals surface area contributed by atoms with Gasteiger partial charge in [-0.2, -0.15) is 0 Å². The van der Waals surface area contributed by atoms with Gasteiger partial charge in [0.05, 0.1) is 5.41 Å². The third-order valence-electron chi connectivity index (χ3n) is 10.2. The molecule has 7 rings (SSSR count). The smallest absolute Gasteiger partial charge is 0.330 e. The van der Waals surface area contributed by atoms with Gasteiger partial charge in [-0.05, 0) is 94.8 Å². The van der Waals surface area contributed by atoms with Crippen LogP contribution in [-0.2, 0) is 24.5 Å². The van der Waals surface area contributed by atoms with Crippen molar-refractivity contribution >= 4 is 33.5 Å². The van der Waals surface area contributed by atoms with Crippen LogP contribution >= 0.6 is 0 Å². The van der Waals surface area contributed by atoms with Crippen LogP contribution in [0.25, 0.3) is 21.5 Å². The predicted molar refractivity (Wildman–Crippen MR) is 199 cm³/mol. The second kappa shape index (κ2) is 14.7. The van der Waals surface area contributed by atoms with Crippen LogP contribution in [0.4, 0.5) is 0 Å². The van der Waals surface area contributed by atoms with Crippen molar-refractivity contribution in [3.8, 4) is 23.0 Å². The zero-order valence-electron chi connectivity index (χ0n) is 29.0. The van der Waals surface area contributed by atoms with E-state index in [0.29, 0.717) is 17.4 Å². The van der Waals surface area contributed by atoms with Gasteiger partial charge in [-0.25, -0.2) is 9.59 Å². The van der Waals surface area contributed by atoms with Crippen LogP contribution in [-0.4, -0.2) is 38.4 Å². The Morgan fingerprint density at radius 3 is 1.69 bits per heavy atom. The van der Waals surface area contributed by atoms with Gasteiger partial charge in [0.2, 0.25) is 0 Å². The second-order valence-electron chi connectivity index (χ2n) is 13.3. The molecule has 7 heteroatoms. The van der Waals surface area contributed by atoms with Gasteiger partial charge < -0.3 is 23.7 Å². The Morgan fingerprint density at radius 1 is 0.686 bits per heavy atom. The fourth-order valence-electron chi connectivity index (χ4n) is 7.74. The summed E-state index contributed by atoms with van der Waals surface area (Å²) in [6, 6.07) is 29.6. The topological polar surface area (TPSA) is 80.3 Å². The summed E-state index contributed by atoms with van der Waals surface area (Å²) in [5, 5.41) is 4.15. The van der Waals surface area contributed by atoms with Crippen LogP contribution in [0, 0.1) is 0 Å². The molecule has 1 fully saturated rings. The van der Waals surface area contributed by atoms with Crippen LogP contribution in [0.3, 0.4) is 0 Å². The maximum Gasteiger partial charge on any atom is 0.330 e. The zero-order valence-corrected chi connectivity index (χ0v) is 29.0. The Balaban J connectivity index is 1.30. The third kappa shape index (κ3) is 6.81. The number of fused-ring (bicyclic) bond motifs is 6. The van der Waals surface area contributed by atoms with E-state index in [1.54, 1.807) is 0 Å². The standard InChI is InChI=1S/C44H42O7/c1-4-40(45)49-25-23-47-34-17-19-36-31(27-34)13-21-38-42(36)44(3,33-15-11-30(12-16-33)29-9-7-6-8-10-29)43-37-20-18-35(48-24-26-50-41(46)5-2)28-32(37)14-22-39(43)51-38/h4-5,11-22,27-29H,1-2,6-10,23-26H2,3H3. The third-order valence-corrected chi connectivity index (χ3v) is 10.2. The summed E-state index contributed by atoms with van der Waals surface area (Å²) < 4.78 is 28.8. The van der Waals surface area contributed by atoms with Gasteiger partial charge in [0.1, 0.15) is 49.4 Å². The molecule has 260 valence electrons. The Labute approximate surface area is 298 Å². The van der Waals surface area contributed by atoms with Gasteiger partial charge in [0, 0.05) is 23.3 Å². The summed E-state index contributed by atoms with van der Waals surface area (Å²) in [5.74, 6) is 2.65. The monoisotopic (exact) mass is 682 g/mol. The first kappa shape index (κ1) is 33.9. The van der Waals surface area contributed by atoms with E-state index >= 15 is 0 Å². The summed E-state index contributed by atoms with van der Waals surface area (Å²) in [7, 11) is 0. The molecular formula is C44H42O7. The summed E-state index contributed by atoms with van der Waals surface area (Å²) in [6.45, 7) is 9.90. The van der Waals surface area contributed by atoms with E-state index in [1.807, 2.05) is 36.4 Å². The number of carbonyl (C=O) groups is 2. The van der Waals surface area contributed by atoms with Gasteiger partial charge in [-0.3, -0.25) is 0 Å². The van der Waals surface area contributed by atoms with E-state index in [1.165, 1.54) is 43.2 Å². The molecule has 0 amide bonds. The van der Waals surface area contributed by atoms with Gasteiger partial charge in [-0.1, -0.05) is 81.0 Å². The molecule has 2 aliphatic rings. The number of hydrogen-bond acceptors (Lipinski definition) is 7. The van der Waals surface area contributed by atoms with Crippen LogP contribution in [0.1, 0.15) is 67.2 Å². The van der Waals surface area contributed by atoms with Crippen molar-refractivity contribution in [1.82, 2.24) is 0 Å². The number of carbonyl (C=O) groups excluding carboxylic acids is 2. The Kier molecular flexibility index (Phi) is 9.80. The highest BCUT2D eigenvalue weighted by Gasteiger charge is 2.42. The largest absolute Gasteiger partial charge is 0.490 e. The molecule has 1 aliphatic carbocycles. The second-order valence-corrected chi connectivity index (χ2v) is 13.3. The van der Waals surface area contributed by atoms with E-state index in [4.69, 9.17) is 23.7 Å². The molecule has 0 N–H and O–H groups in total. The minimum Gasteiger partial charge on any atom is -0.490 e. The highest BCUT2D eigenvalue weighted by Crippen LogP contribution is 2.56. The summed E-state index contributed by atoms with van der Waals surface area (Å²) >= 11 is 0. The lowest BCUT2D eigenvalue weighted by Gasteiger charge is -2.40. The van der Waals surface area contributed by atoms with E-state index in [0.717, 1.165) is 56.3 Å². The molecule has 1 heterocycles. The zero-order chi connectivity index (χ0) is 35.4. The Hall–Kier alpha value is -5.56. The molecule has 0 saturated heterocycles. The molecule has 5 aromatic rings. The molecule has 0 atom stereocenters. The molecule has 1 aliphatic heterocycles. The molecule has 5 aromatic carbocycles. The van der Waals surface area contributed by atoms with Crippen molar-refractivity contribution in [2.45, 2.75) is 50.4 Å². The van der Waals surface area contributed by atoms with Crippen molar-refractivity contribution in [1.29, 1.82) is 0 Å². The SMILES string of the molecule is C=CC(=O)OCCOc1ccc2c3c(ccc2c1)Oc1ccc2cc(OCCOC(=O)C=C)ccc2c1C3(C)c1ccc(C2CCCCC2)cc1. The van der Waals surface area contributed by atoms with Crippen molar-refractivity contribution in [2.24, 2.45) is 0 Å². The van der Waals surface area contributed by atoms with Gasteiger partial charge in [-0.15, -0.1) is 0 Å². The molecule has 1 saturated carbocycles. The summed E-state index contributed by atoms with van der Waals surface area (Å²) in [4.78, 5) is 22.9. The number of esters is 2. The lowest BCUT2D eigenvalue weighted by Crippen LogP contribution is -2.30. The van der Waals surface area contributed by atoms with Crippen LogP contribution in [0.15, 0.2) is 110 Å². The number of benzene rings is 5. The summed E-state index contributed by atoms with van der Waals surface area (Å²) in [6.07, 6.45) is 8.67. The van der Waals surface area contributed by atoms with E-state index in [2.05, 4.69) is 68.6 Å². The van der Waals surface area contributed by atoms with Crippen molar-refractivity contribution in [2.75, 3.05) is 26.4 Å². The fourth-order valence-corrected chi connectivity index (χ4v) is 7.74. The number of ether oxygens (including phenoxy) is 5. The highest BCUT2D eigenvalue weighted by atomic mass is 16.6. The van der Waals surface area contributed by atoms with Crippen LogP contribution < -0.4 is 14.2 Å². The van der Waals surface area contributed by atoms with Crippen molar-refractivity contribution in [3.63, 3.8) is 0 Å². The summed E-state index contributed by atoms with van der Waals surface area (Å²) in [5.41, 5.74) is 4.17. The van der Waals surface area contributed by atoms with E-state index < -0.39 is 17.4 Å². The highest BCUT2D eigenvalue weighted by molar-refractivity contribution is 5.97. The van der Waals surface area contributed by atoms with Crippen molar-refractivity contribution in [3.05, 3.63) is 132 Å². The van der Waals surface area contributed by atoms with Gasteiger partial charge in [0.25, 0.3) is 0 Å². The van der Waals surface area contributed by atoms with Gasteiger partial charge >= 0.3 is 11.9 Å². The van der Waals surface area contributed by atoms with E-state index in [9.17, 15) is 9.59 Å². The first-order chi connectivity index (χ1) is 24.9. The average Bonchev–Trinajstić information content (AvgIpc) is 3.17. The minimum absolute atomic E-state index is 0.134. The van der Waals surface area contributed by atoms with Crippen LogP contribution in [0.5, 0.6) is 23.0 Å². The Morgan fingerprint density at radius 2 is 1.20 bits per heavy atom. The van der Waals surface area contributed by atoms with E-state index in [-0.39, 0.29) is 26.4 Å². The molecule has 0 unspecified atom stereocenters. The molecule has 0 aromatic heterocycles. The molecule has 51 heavy (non-hydrogen) atoms. The normalized spacial score (nSPS) is 14.8. The fraction of sp³-hybridized carbons (Fsp3) is 0.273. The van der Waals surface area contributed by atoms with Crippen LogP contribution in [0.2, 0.25) is 0 Å². The molecule has 0 bridgehead atoms. The van der Waals surface area contributed by atoms with Gasteiger partial charge in [0.15, 0.2) is 0 Å². The first-order valence-electron chi connectivity index (χ1n) is 17.7. The van der Waals surface area contributed by atoms with Crippen molar-refractivity contribution < 1.29 is 33.3 Å². The maximum atomic E-state index is 11.4. The molecule has 0 spiro atoms. The number of hydrogen-bond donors (Lipinski definition) is 0. The number of rotatable bonds is 12. The predicted octanol–water partition coefficient (Wildman–Crippen LogP) is 9.72. The minimum atomic E-state index is -0.588.